The van der Waals surface area contributed by atoms with Crippen LogP contribution in [0.1, 0.15) is 26.2 Å². The van der Waals surface area contributed by atoms with Crippen LogP contribution in [-0.4, -0.2) is 40.2 Å². The molecule has 0 atom stereocenters. The molecule has 2 rings (SSSR count). The van der Waals surface area contributed by atoms with Gasteiger partial charge in [0, 0.05) is 20.0 Å². The van der Waals surface area contributed by atoms with Gasteiger partial charge >= 0.3 is 0 Å². The quantitative estimate of drug-likeness (QED) is 0.518. The van der Waals surface area contributed by atoms with Crippen molar-refractivity contribution in [3.8, 4) is 0 Å². The second-order valence-electron chi connectivity index (χ2n) is 4.68. The molecule has 0 spiro atoms. The first-order valence-electron chi connectivity index (χ1n) is 6.99. The van der Waals surface area contributed by atoms with Crippen LogP contribution >= 0.6 is 23.2 Å². The van der Waals surface area contributed by atoms with E-state index in [1.165, 1.54) is 6.20 Å². The summed E-state index contributed by atoms with van der Waals surface area (Å²) in [6.07, 6.45) is 5.49. The molecule has 0 bridgehead atoms. The van der Waals surface area contributed by atoms with Gasteiger partial charge in [-0.2, -0.15) is 4.98 Å². The fraction of sp³-hybridized carbons (Fsp3) is 0.429. The van der Waals surface area contributed by atoms with Crippen LogP contribution in [0.4, 0.5) is 5.82 Å². The van der Waals surface area contributed by atoms with Crippen LogP contribution in [0.3, 0.4) is 0 Å². The maximum atomic E-state index is 12.0. The van der Waals surface area contributed by atoms with Gasteiger partial charge in [0.05, 0.1) is 11.9 Å². The molecular formula is C14H17Cl2N5O. The molecule has 1 amide bonds. The Hall–Kier alpha value is -1.66. The number of nitrogens with zero attached hydrogens (tertiary/aromatic N) is 4. The minimum atomic E-state index is 0.0659. The summed E-state index contributed by atoms with van der Waals surface area (Å²) in [5, 5.41) is 3.54. The molecule has 0 aromatic carbocycles. The summed E-state index contributed by atoms with van der Waals surface area (Å²) in [4.78, 5) is 25.8. The van der Waals surface area contributed by atoms with Crippen LogP contribution in [-0.2, 0) is 4.79 Å². The van der Waals surface area contributed by atoms with Crippen molar-refractivity contribution in [3.63, 3.8) is 0 Å². The molecule has 2 heterocycles. The van der Waals surface area contributed by atoms with Gasteiger partial charge in [-0.25, -0.2) is 4.98 Å². The summed E-state index contributed by atoms with van der Waals surface area (Å²) < 4.78 is 0. The van der Waals surface area contributed by atoms with Crippen LogP contribution in [0.2, 0.25) is 10.3 Å². The van der Waals surface area contributed by atoms with Crippen molar-refractivity contribution in [1.29, 1.82) is 0 Å². The third kappa shape index (κ3) is 3.75. The Morgan fingerprint density at radius 1 is 1.55 bits per heavy atom. The Bertz CT molecular complexity index is 630. The normalized spacial score (nSPS) is 16.4. The molecule has 1 aromatic rings. The Kier molecular flexibility index (Phi) is 5.74. The number of carbonyl (C=O) groups excluding carboxylic acids is 1. The monoisotopic (exact) mass is 341 g/mol. The molecule has 0 radical (unpaired) electrons. The predicted octanol–water partition coefficient (Wildman–Crippen LogP) is 3.14. The molecule has 8 heteroatoms. The van der Waals surface area contributed by atoms with Gasteiger partial charge in [-0.3, -0.25) is 14.7 Å². The Labute approximate surface area is 139 Å². The number of rotatable bonds is 4. The van der Waals surface area contributed by atoms with Gasteiger partial charge in [0.15, 0.2) is 11.7 Å². The van der Waals surface area contributed by atoms with Gasteiger partial charge in [-0.05, 0) is 24.4 Å². The number of allylic oxidation sites excluding steroid dienone is 1. The minimum Gasteiger partial charge on any atom is -0.336 e. The molecule has 1 N–H and O–H groups in total. The average Bonchev–Trinajstić information content (AvgIpc) is 2.90. The maximum absolute atomic E-state index is 12.0. The fourth-order valence-electron chi connectivity index (χ4n) is 2.22. The van der Waals surface area contributed by atoms with Crippen LogP contribution in [0.5, 0.6) is 0 Å². The van der Waals surface area contributed by atoms with Crippen molar-refractivity contribution in [2.75, 3.05) is 18.9 Å². The molecule has 1 saturated heterocycles. The number of likely N-dealkylation sites (tertiary alicyclic amines) is 1. The van der Waals surface area contributed by atoms with Gasteiger partial charge in [0.25, 0.3) is 0 Å². The SMILES string of the molecule is CC/C=C(/Nc1nc(Cl)ncc1Cl)C(=NC)N1CCCC1=O. The second-order valence-corrected chi connectivity index (χ2v) is 5.43. The number of carbonyl (C=O) groups is 1. The van der Waals surface area contributed by atoms with E-state index in [9.17, 15) is 4.79 Å². The first-order chi connectivity index (χ1) is 10.6. The standard InChI is InChI=1S/C14H17Cl2N5O/c1-3-5-10(13(17-2)21-7-4-6-11(21)22)19-12-9(15)8-18-14(16)20-12/h5,8H,3-4,6-7H2,1-2H3,(H,18,19,20)/b10-5+,17-13?. The Morgan fingerprint density at radius 3 is 2.91 bits per heavy atom. The molecule has 6 nitrogen and oxygen atoms in total. The first-order valence-corrected chi connectivity index (χ1v) is 7.75. The summed E-state index contributed by atoms with van der Waals surface area (Å²) in [7, 11) is 1.65. The minimum absolute atomic E-state index is 0.0659. The summed E-state index contributed by atoms with van der Waals surface area (Å²) in [6, 6.07) is 0. The van der Waals surface area contributed by atoms with Crippen molar-refractivity contribution >= 4 is 40.8 Å². The number of anilines is 1. The number of halogens is 2. The Morgan fingerprint density at radius 2 is 2.32 bits per heavy atom. The van der Waals surface area contributed by atoms with Gasteiger partial charge in [0.1, 0.15) is 5.02 Å². The molecule has 0 unspecified atom stereocenters. The lowest BCUT2D eigenvalue weighted by atomic mass is 10.3. The van der Waals surface area contributed by atoms with E-state index in [0.29, 0.717) is 35.3 Å². The average molecular weight is 342 g/mol. The molecule has 1 aliphatic rings. The zero-order valence-electron chi connectivity index (χ0n) is 12.4. The molecule has 1 fully saturated rings. The van der Waals surface area contributed by atoms with Gasteiger partial charge in [-0.1, -0.05) is 24.6 Å². The van der Waals surface area contributed by atoms with Crippen LogP contribution in [0.15, 0.2) is 23.0 Å². The first kappa shape index (κ1) is 16.7. The van der Waals surface area contributed by atoms with E-state index in [0.717, 1.165) is 12.8 Å². The van der Waals surface area contributed by atoms with Gasteiger partial charge in [-0.15, -0.1) is 0 Å². The molecule has 118 valence electrons. The lowest BCUT2D eigenvalue weighted by Gasteiger charge is -2.21. The third-order valence-corrected chi connectivity index (χ3v) is 3.62. The van der Waals surface area contributed by atoms with E-state index in [2.05, 4.69) is 20.3 Å². The number of nitrogens with one attached hydrogen (secondary N) is 1. The smallest absolute Gasteiger partial charge is 0.228 e. The van der Waals surface area contributed by atoms with Crippen molar-refractivity contribution in [2.24, 2.45) is 4.99 Å². The number of hydrogen-bond donors (Lipinski definition) is 1. The molecular weight excluding hydrogens is 325 g/mol. The van der Waals surface area contributed by atoms with Gasteiger partial charge < -0.3 is 5.32 Å². The maximum Gasteiger partial charge on any atom is 0.228 e. The van der Waals surface area contributed by atoms with Crippen LogP contribution in [0, 0.1) is 0 Å². The number of aromatic nitrogens is 2. The van der Waals surface area contributed by atoms with Crippen LogP contribution in [0.25, 0.3) is 0 Å². The highest BCUT2D eigenvalue weighted by Crippen LogP contribution is 2.23. The zero-order chi connectivity index (χ0) is 16.1. The van der Waals surface area contributed by atoms with Crippen LogP contribution < -0.4 is 5.32 Å². The van der Waals surface area contributed by atoms with Crippen molar-refractivity contribution in [1.82, 2.24) is 14.9 Å². The third-order valence-electron chi connectivity index (χ3n) is 3.16. The van der Waals surface area contributed by atoms with Gasteiger partial charge in [0.2, 0.25) is 11.2 Å². The lowest BCUT2D eigenvalue weighted by Crippen LogP contribution is -2.35. The lowest BCUT2D eigenvalue weighted by molar-refractivity contribution is -0.124. The summed E-state index contributed by atoms with van der Waals surface area (Å²) in [5.41, 5.74) is 0.678. The van der Waals surface area contributed by atoms with E-state index < -0.39 is 0 Å². The predicted molar refractivity (Wildman–Crippen MR) is 88.4 cm³/mol. The summed E-state index contributed by atoms with van der Waals surface area (Å²) in [6.45, 7) is 2.65. The fourth-order valence-corrected chi connectivity index (χ4v) is 2.49. The van der Waals surface area contributed by atoms with E-state index in [1.54, 1.807) is 11.9 Å². The number of hydrogen-bond acceptors (Lipinski definition) is 5. The van der Waals surface area contributed by atoms with E-state index >= 15 is 0 Å². The summed E-state index contributed by atoms with van der Waals surface area (Å²) in [5.74, 6) is 1.03. The topological polar surface area (TPSA) is 70.5 Å². The second kappa shape index (κ2) is 7.56. The largest absolute Gasteiger partial charge is 0.336 e. The number of amidine groups is 1. The summed E-state index contributed by atoms with van der Waals surface area (Å²) >= 11 is 11.9. The highest BCUT2D eigenvalue weighted by Gasteiger charge is 2.27. The van der Waals surface area contributed by atoms with E-state index in [4.69, 9.17) is 23.2 Å². The molecule has 1 aromatic heterocycles. The van der Waals surface area contributed by atoms with Crippen molar-refractivity contribution in [3.05, 3.63) is 28.3 Å². The molecule has 1 aliphatic heterocycles. The number of aliphatic imine (C=N–C) groups is 1. The van der Waals surface area contributed by atoms with Crippen molar-refractivity contribution < 1.29 is 4.79 Å². The molecule has 0 saturated carbocycles. The van der Waals surface area contributed by atoms with E-state index in [-0.39, 0.29) is 11.2 Å². The Balaban J connectivity index is 2.31. The highest BCUT2D eigenvalue weighted by molar-refractivity contribution is 6.33. The highest BCUT2D eigenvalue weighted by atomic mass is 35.5. The molecule has 0 aliphatic carbocycles. The van der Waals surface area contributed by atoms with Crippen molar-refractivity contribution in [2.45, 2.75) is 26.2 Å². The zero-order valence-corrected chi connectivity index (χ0v) is 13.9. The molecule has 22 heavy (non-hydrogen) atoms. The number of amides is 1. The van der Waals surface area contributed by atoms with E-state index in [1.807, 2.05) is 13.0 Å².